The van der Waals surface area contributed by atoms with E-state index >= 15 is 0 Å². The molecule has 0 atom stereocenters. The molecule has 1 aliphatic rings. The van der Waals surface area contributed by atoms with Crippen LogP contribution in [0.5, 0.6) is 0 Å². The maximum atomic E-state index is 13.7. The number of nitrogens with one attached hydrogen (secondary N) is 1. The average Bonchev–Trinajstić information content (AvgIpc) is 2.64. The largest absolute Gasteiger partial charge is 0.348 e. The molecule has 3 rings (SSSR count). The lowest BCUT2D eigenvalue weighted by atomic mass is 10.1. The number of carbonyl (C=O) groups is 1. The number of nitrogens with zero attached hydrogens (tertiary/aromatic N) is 1. The zero-order valence-electron chi connectivity index (χ0n) is 14.1. The van der Waals surface area contributed by atoms with Crippen LogP contribution in [0.2, 0.25) is 0 Å². The van der Waals surface area contributed by atoms with Gasteiger partial charge in [0, 0.05) is 17.6 Å². The summed E-state index contributed by atoms with van der Waals surface area (Å²) in [4.78, 5) is 14.6. The van der Waals surface area contributed by atoms with Crippen molar-refractivity contribution in [2.24, 2.45) is 0 Å². The van der Waals surface area contributed by atoms with Crippen LogP contribution in [0.3, 0.4) is 0 Å². The molecule has 1 aliphatic heterocycles. The van der Waals surface area contributed by atoms with Crippen molar-refractivity contribution in [2.75, 3.05) is 13.1 Å². The molecule has 1 N–H and O–H groups in total. The van der Waals surface area contributed by atoms with Crippen LogP contribution in [-0.2, 0) is 13.1 Å². The molecule has 1 amide bonds. The van der Waals surface area contributed by atoms with Gasteiger partial charge in [-0.1, -0.05) is 46.6 Å². The second-order valence-electron chi connectivity index (χ2n) is 6.46. The summed E-state index contributed by atoms with van der Waals surface area (Å²) in [5.41, 5.74) is 2.34. The number of carbonyl (C=O) groups excluding carboxylic acids is 1. The highest BCUT2D eigenvalue weighted by molar-refractivity contribution is 9.10. The molecule has 0 saturated carbocycles. The quantitative estimate of drug-likeness (QED) is 0.794. The first-order chi connectivity index (χ1) is 12.1. The van der Waals surface area contributed by atoms with Crippen LogP contribution in [0.4, 0.5) is 4.39 Å². The van der Waals surface area contributed by atoms with Crippen LogP contribution in [0, 0.1) is 5.82 Å². The van der Waals surface area contributed by atoms with E-state index in [4.69, 9.17) is 0 Å². The van der Waals surface area contributed by atoms with Crippen LogP contribution < -0.4 is 5.32 Å². The summed E-state index contributed by atoms with van der Waals surface area (Å²) in [5, 5.41) is 2.77. The van der Waals surface area contributed by atoms with Gasteiger partial charge in [-0.25, -0.2) is 4.39 Å². The minimum atomic E-state index is -0.516. The van der Waals surface area contributed by atoms with E-state index in [2.05, 4.69) is 38.3 Å². The average molecular weight is 405 g/mol. The number of halogens is 2. The molecule has 0 unspecified atom stereocenters. The molecule has 132 valence electrons. The van der Waals surface area contributed by atoms with Gasteiger partial charge in [0.25, 0.3) is 5.91 Å². The lowest BCUT2D eigenvalue weighted by Gasteiger charge is -2.26. The molecule has 0 aliphatic carbocycles. The number of benzene rings is 2. The Balaban J connectivity index is 1.54. The van der Waals surface area contributed by atoms with Crippen molar-refractivity contribution in [3.8, 4) is 0 Å². The zero-order chi connectivity index (χ0) is 17.6. The fraction of sp³-hybridized carbons (Fsp3) is 0.350. The Hall–Kier alpha value is -1.72. The monoisotopic (exact) mass is 404 g/mol. The molecule has 0 aromatic heterocycles. The first kappa shape index (κ1) is 18.1. The number of likely N-dealkylation sites (tertiary alicyclic amines) is 1. The van der Waals surface area contributed by atoms with Crippen LogP contribution in [0.15, 0.2) is 46.9 Å². The maximum Gasteiger partial charge on any atom is 0.254 e. The molecule has 0 bridgehead atoms. The third-order valence-electron chi connectivity index (χ3n) is 4.50. The van der Waals surface area contributed by atoms with Gasteiger partial charge in [0.05, 0.1) is 5.56 Å². The highest BCUT2D eigenvalue weighted by Crippen LogP contribution is 2.16. The van der Waals surface area contributed by atoms with Crippen molar-refractivity contribution in [1.29, 1.82) is 0 Å². The number of amides is 1. The van der Waals surface area contributed by atoms with Crippen molar-refractivity contribution in [1.82, 2.24) is 10.2 Å². The Kier molecular flexibility index (Phi) is 6.21. The Labute approximate surface area is 156 Å². The second-order valence-corrected chi connectivity index (χ2v) is 7.38. The summed E-state index contributed by atoms with van der Waals surface area (Å²) in [6.45, 7) is 3.72. The van der Waals surface area contributed by atoms with Gasteiger partial charge in [-0.2, -0.15) is 0 Å². The second kappa shape index (κ2) is 8.59. The number of rotatable bonds is 5. The molecule has 2 aromatic rings. The Bertz CT molecular complexity index is 727. The highest BCUT2D eigenvalue weighted by Gasteiger charge is 2.12. The van der Waals surface area contributed by atoms with E-state index in [1.807, 2.05) is 12.1 Å². The van der Waals surface area contributed by atoms with Crippen molar-refractivity contribution >= 4 is 21.8 Å². The fourth-order valence-electron chi connectivity index (χ4n) is 3.09. The molecule has 5 heteroatoms. The summed E-state index contributed by atoms with van der Waals surface area (Å²) < 4.78 is 14.4. The molecule has 0 radical (unpaired) electrons. The number of hydrogen-bond acceptors (Lipinski definition) is 2. The SMILES string of the molecule is O=C(NCc1ccc(CN2CCCCC2)cc1)c1cc(Br)ccc1F. The summed E-state index contributed by atoms with van der Waals surface area (Å²) in [6, 6.07) is 12.6. The van der Waals surface area contributed by atoms with E-state index in [0.717, 1.165) is 12.1 Å². The minimum Gasteiger partial charge on any atom is -0.348 e. The summed E-state index contributed by atoms with van der Waals surface area (Å²) >= 11 is 3.26. The molecule has 25 heavy (non-hydrogen) atoms. The normalized spacial score (nSPS) is 15.1. The van der Waals surface area contributed by atoms with Gasteiger partial charge in [-0.3, -0.25) is 9.69 Å². The van der Waals surface area contributed by atoms with E-state index < -0.39 is 11.7 Å². The van der Waals surface area contributed by atoms with Crippen molar-refractivity contribution in [3.63, 3.8) is 0 Å². The fourth-order valence-corrected chi connectivity index (χ4v) is 3.45. The summed E-state index contributed by atoms with van der Waals surface area (Å²) in [6.07, 6.45) is 3.92. The first-order valence-electron chi connectivity index (χ1n) is 8.65. The van der Waals surface area contributed by atoms with Crippen LogP contribution in [0.1, 0.15) is 40.7 Å². The van der Waals surface area contributed by atoms with Crippen LogP contribution in [-0.4, -0.2) is 23.9 Å². The standard InChI is InChI=1S/C20H22BrFN2O/c21-17-8-9-19(22)18(12-17)20(25)23-13-15-4-6-16(7-5-15)14-24-10-2-1-3-11-24/h4-9,12H,1-3,10-11,13-14H2,(H,23,25). The van der Waals surface area contributed by atoms with Gasteiger partial charge in [-0.05, 0) is 55.3 Å². The van der Waals surface area contributed by atoms with E-state index in [-0.39, 0.29) is 5.56 Å². The van der Waals surface area contributed by atoms with E-state index in [0.29, 0.717) is 11.0 Å². The van der Waals surface area contributed by atoms with E-state index in [9.17, 15) is 9.18 Å². The summed E-state index contributed by atoms with van der Waals surface area (Å²) in [5.74, 6) is -0.922. The number of piperidine rings is 1. The molecule has 0 spiro atoms. The van der Waals surface area contributed by atoms with Gasteiger partial charge in [0.2, 0.25) is 0 Å². The predicted molar refractivity (Wildman–Crippen MR) is 101 cm³/mol. The lowest BCUT2D eigenvalue weighted by Crippen LogP contribution is -2.29. The van der Waals surface area contributed by atoms with Crippen LogP contribution >= 0.6 is 15.9 Å². The molecule has 1 heterocycles. The Morgan fingerprint density at radius 2 is 1.72 bits per heavy atom. The zero-order valence-corrected chi connectivity index (χ0v) is 15.7. The van der Waals surface area contributed by atoms with Crippen molar-refractivity contribution in [3.05, 3.63) is 69.4 Å². The highest BCUT2D eigenvalue weighted by atomic mass is 79.9. The topological polar surface area (TPSA) is 32.3 Å². The lowest BCUT2D eigenvalue weighted by molar-refractivity contribution is 0.0947. The van der Waals surface area contributed by atoms with Gasteiger partial charge < -0.3 is 5.32 Å². The van der Waals surface area contributed by atoms with Crippen molar-refractivity contribution < 1.29 is 9.18 Å². The van der Waals surface area contributed by atoms with E-state index in [1.54, 1.807) is 6.07 Å². The van der Waals surface area contributed by atoms with Gasteiger partial charge in [0.1, 0.15) is 5.82 Å². The Morgan fingerprint density at radius 3 is 2.44 bits per heavy atom. The third-order valence-corrected chi connectivity index (χ3v) is 5.00. The van der Waals surface area contributed by atoms with Crippen molar-refractivity contribution in [2.45, 2.75) is 32.4 Å². The molecule has 1 saturated heterocycles. The molecule has 2 aromatic carbocycles. The van der Waals surface area contributed by atoms with E-state index in [1.165, 1.54) is 50.0 Å². The molecule has 1 fully saturated rings. The minimum absolute atomic E-state index is 0.0519. The van der Waals surface area contributed by atoms with Gasteiger partial charge >= 0.3 is 0 Å². The molecular formula is C20H22BrFN2O. The summed E-state index contributed by atoms with van der Waals surface area (Å²) in [7, 11) is 0. The molecular weight excluding hydrogens is 383 g/mol. The predicted octanol–water partition coefficient (Wildman–Crippen LogP) is 4.50. The first-order valence-corrected chi connectivity index (χ1v) is 9.44. The Morgan fingerprint density at radius 1 is 1.04 bits per heavy atom. The number of hydrogen-bond donors (Lipinski definition) is 1. The molecule has 3 nitrogen and oxygen atoms in total. The van der Waals surface area contributed by atoms with Gasteiger partial charge in [-0.15, -0.1) is 0 Å². The maximum absolute atomic E-state index is 13.7. The third kappa shape index (κ3) is 5.13. The smallest absolute Gasteiger partial charge is 0.254 e. The van der Waals surface area contributed by atoms with Crippen LogP contribution in [0.25, 0.3) is 0 Å². The van der Waals surface area contributed by atoms with Gasteiger partial charge in [0.15, 0.2) is 0 Å².